The Bertz CT molecular complexity index is 1270. The molecule has 35 heavy (non-hydrogen) atoms. The molecule has 0 aliphatic rings. The predicted molar refractivity (Wildman–Crippen MR) is 137 cm³/mol. The summed E-state index contributed by atoms with van der Waals surface area (Å²) in [5, 5.41) is 0. The van der Waals surface area contributed by atoms with Crippen molar-refractivity contribution < 1.29 is 23.8 Å². The van der Waals surface area contributed by atoms with E-state index in [9.17, 15) is 9.59 Å². The van der Waals surface area contributed by atoms with E-state index in [0.717, 1.165) is 15.8 Å². The Morgan fingerprint density at radius 2 is 1.34 bits per heavy atom. The highest BCUT2D eigenvalue weighted by atomic mass is 79.9. The lowest BCUT2D eigenvalue weighted by Gasteiger charge is -2.18. The number of ether oxygens (including phenoxy) is 3. The predicted octanol–water partition coefficient (Wildman–Crippen LogP) is 6.82. The zero-order valence-electron chi connectivity index (χ0n) is 19.0. The number of methoxy groups -OCH3 is 1. The number of carbonyl (C=O) groups is 2. The standard InChI is InChI=1S/C29H23BrO5/c1-33-25-15-11-21(12-16-25)27(31)28(22-5-3-2-4-6-22)35-29(32)23-9-7-20(8-10-23)19-34-26-17-13-24(30)14-18-26/h2-18,28H,19H2,1H3/t28-/m0/s1. The second-order valence-corrected chi connectivity index (χ2v) is 8.64. The van der Waals surface area contributed by atoms with Gasteiger partial charge >= 0.3 is 5.97 Å². The molecule has 4 aromatic rings. The number of esters is 1. The maximum Gasteiger partial charge on any atom is 0.339 e. The molecule has 6 heteroatoms. The van der Waals surface area contributed by atoms with E-state index in [1.54, 1.807) is 79.9 Å². The fraction of sp³-hybridized carbons (Fsp3) is 0.103. The summed E-state index contributed by atoms with van der Waals surface area (Å²) < 4.78 is 17.6. The largest absolute Gasteiger partial charge is 0.497 e. The van der Waals surface area contributed by atoms with Crippen LogP contribution in [0.1, 0.15) is 37.9 Å². The summed E-state index contributed by atoms with van der Waals surface area (Å²) in [4.78, 5) is 26.2. The summed E-state index contributed by atoms with van der Waals surface area (Å²) in [7, 11) is 1.56. The van der Waals surface area contributed by atoms with E-state index in [-0.39, 0.29) is 5.78 Å². The van der Waals surface area contributed by atoms with Crippen LogP contribution in [-0.2, 0) is 11.3 Å². The van der Waals surface area contributed by atoms with Gasteiger partial charge in [-0.1, -0.05) is 58.4 Å². The Morgan fingerprint density at radius 3 is 1.97 bits per heavy atom. The highest BCUT2D eigenvalue weighted by Gasteiger charge is 2.26. The van der Waals surface area contributed by atoms with Crippen LogP contribution in [-0.4, -0.2) is 18.9 Å². The molecule has 0 saturated heterocycles. The number of hydrogen-bond acceptors (Lipinski definition) is 5. The van der Waals surface area contributed by atoms with E-state index in [1.165, 1.54) is 0 Å². The molecule has 0 aromatic heterocycles. The summed E-state index contributed by atoms with van der Waals surface area (Å²) in [5.74, 6) is 0.492. The van der Waals surface area contributed by atoms with Gasteiger partial charge in [0.2, 0.25) is 5.78 Å². The first-order valence-corrected chi connectivity index (χ1v) is 11.7. The van der Waals surface area contributed by atoms with Gasteiger partial charge in [0.25, 0.3) is 0 Å². The first-order chi connectivity index (χ1) is 17.0. The smallest absolute Gasteiger partial charge is 0.339 e. The number of hydrogen-bond donors (Lipinski definition) is 0. The number of carbonyl (C=O) groups excluding carboxylic acids is 2. The Kier molecular flexibility index (Phi) is 7.95. The summed E-state index contributed by atoms with van der Waals surface area (Å²) >= 11 is 3.40. The summed E-state index contributed by atoms with van der Waals surface area (Å²) in [6.07, 6.45) is -1.07. The zero-order valence-corrected chi connectivity index (χ0v) is 20.6. The first kappa shape index (κ1) is 24.2. The molecular formula is C29H23BrO5. The molecule has 4 aromatic carbocycles. The maximum absolute atomic E-state index is 13.3. The van der Waals surface area contributed by atoms with Gasteiger partial charge in [-0.3, -0.25) is 4.79 Å². The van der Waals surface area contributed by atoms with Crippen LogP contribution in [0.2, 0.25) is 0 Å². The Labute approximate surface area is 212 Å². The van der Waals surface area contributed by atoms with Gasteiger partial charge < -0.3 is 14.2 Å². The Morgan fingerprint density at radius 1 is 0.743 bits per heavy atom. The van der Waals surface area contributed by atoms with E-state index in [0.29, 0.717) is 29.0 Å². The fourth-order valence-electron chi connectivity index (χ4n) is 3.42. The number of ketones is 1. The van der Waals surface area contributed by atoms with Crippen molar-refractivity contribution in [1.82, 2.24) is 0 Å². The SMILES string of the molecule is COc1ccc(C(=O)[C@@H](OC(=O)c2ccc(COc3ccc(Br)cc3)cc2)c2ccccc2)cc1. The van der Waals surface area contributed by atoms with Crippen molar-refractivity contribution in [3.05, 3.63) is 130 Å². The molecule has 0 bridgehead atoms. The maximum atomic E-state index is 13.3. The molecule has 0 spiro atoms. The van der Waals surface area contributed by atoms with Crippen molar-refractivity contribution in [3.8, 4) is 11.5 Å². The normalized spacial score (nSPS) is 11.4. The molecule has 0 N–H and O–H groups in total. The van der Waals surface area contributed by atoms with Crippen LogP contribution < -0.4 is 9.47 Å². The molecule has 0 amide bonds. The van der Waals surface area contributed by atoms with Crippen LogP contribution >= 0.6 is 15.9 Å². The molecule has 0 unspecified atom stereocenters. The fourth-order valence-corrected chi connectivity index (χ4v) is 3.68. The van der Waals surface area contributed by atoms with Gasteiger partial charge in [0, 0.05) is 15.6 Å². The molecule has 0 aliphatic heterocycles. The molecule has 0 fully saturated rings. The third kappa shape index (κ3) is 6.37. The molecule has 1 atom stereocenters. The minimum atomic E-state index is -1.07. The van der Waals surface area contributed by atoms with Crippen LogP contribution in [0.3, 0.4) is 0 Å². The van der Waals surface area contributed by atoms with Gasteiger partial charge in [-0.05, 0) is 66.2 Å². The van der Waals surface area contributed by atoms with Gasteiger partial charge in [0.1, 0.15) is 18.1 Å². The number of rotatable bonds is 9. The van der Waals surface area contributed by atoms with Gasteiger partial charge in [-0.25, -0.2) is 4.79 Å². The average Bonchev–Trinajstić information content (AvgIpc) is 2.91. The quantitative estimate of drug-likeness (QED) is 0.175. The van der Waals surface area contributed by atoms with E-state index in [2.05, 4.69) is 15.9 Å². The summed E-state index contributed by atoms with van der Waals surface area (Å²) in [6, 6.07) is 30.2. The Balaban J connectivity index is 1.47. The monoisotopic (exact) mass is 530 g/mol. The van der Waals surface area contributed by atoms with E-state index in [1.807, 2.05) is 30.3 Å². The third-order valence-corrected chi connectivity index (χ3v) is 5.88. The first-order valence-electron chi connectivity index (χ1n) is 10.9. The van der Waals surface area contributed by atoms with Crippen LogP contribution in [0.25, 0.3) is 0 Å². The topological polar surface area (TPSA) is 61.8 Å². The molecule has 0 saturated carbocycles. The van der Waals surface area contributed by atoms with E-state index >= 15 is 0 Å². The third-order valence-electron chi connectivity index (χ3n) is 5.35. The van der Waals surface area contributed by atoms with Crippen molar-refractivity contribution in [2.24, 2.45) is 0 Å². The van der Waals surface area contributed by atoms with Crippen molar-refractivity contribution in [3.63, 3.8) is 0 Å². The van der Waals surface area contributed by atoms with Crippen molar-refractivity contribution in [1.29, 1.82) is 0 Å². The number of Topliss-reactive ketones (excluding diaryl/α,β-unsaturated/α-hetero) is 1. The van der Waals surface area contributed by atoms with Gasteiger partial charge in [-0.15, -0.1) is 0 Å². The van der Waals surface area contributed by atoms with Crippen LogP contribution in [0.5, 0.6) is 11.5 Å². The average molecular weight is 531 g/mol. The second kappa shape index (κ2) is 11.5. The molecule has 5 nitrogen and oxygen atoms in total. The van der Waals surface area contributed by atoms with Gasteiger partial charge in [0.05, 0.1) is 12.7 Å². The molecule has 0 radical (unpaired) electrons. The van der Waals surface area contributed by atoms with Crippen molar-refractivity contribution in [2.75, 3.05) is 7.11 Å². The highest BCUT2D eigenvalue weighted by Crippen LogP contribution is 2.25. The van der Waals surface area contributed by atoms with Crippen LogP contribution in [0.15, 0.2) is 108 Å². The van der Waals surface area contributed by atoms with Crippen LogP contribution in [0, 0.1) is 0 Å². The highest BCUT2D eigenvalue weighted by molar-refractivity contribution is 9.10. The summed E-state index contributed by atoms with van der Waals surface area (Å²) in [5.41, 5.74) is 2.27. The van der Waals surface area contributed by atoms with Gasteiger partial charge in [0.15, 0.2) is 6.10 Å². The lowest BCUT2D eigenvalue weighted by Crippen LogP contribution is -2.20. The minimum Gasteiger partial charge on any atom is -0.497 e. The Hall–Kier alpha value is -3.90. The molecule has 0 aliphatic carbocycles. The summed E-state index contributed by atoms with van der Waals surface area (Å²) in [6.45, 7) is 0.361. The number of benzene rings is 4. The second-order valence-electron chi connectivity index (χ2n) is 7.73. The van der Waals surface area contributed by atoms with E-state index < -0.39 is 12.1 Å². The van der Waals surface area contributed by atoms with Crippen molar-refractivity contribution >= 4 is 27.7 Å². The van der Waals surface area contributed by atoms with Crippen molar-refractivity contribution in [2.45, 2.75) is 12.7 Å². The lowest BCUT2D eigenvalue weighted by atomic mass is 9.99. The lowest BCUT2D eigenvalue weighted by molar-refractivity contribution is 0.0280. The van der Waals surface area contributed by atoms with Gasteiger partial charge in [-0.2, -0.15) is 0 Å². The minimum absolute atomic E-state index is 0.313. The molecule has 0 heterocycles. The zero-order chi connectivity index (χ0) is 24.6. The van der Waals surface area contributed by atoms with E-state index in [4.69, 9.17) is 14.2 Å². The molecule has 4 rings (SSSR count). The number of halogens is 1. The van der Waals surface area contributed by atoms with Crippen LogP contribution in [0.4, 0.5) is 0 Å². The molecular weight excluding hydrogens is 508 g/mol. The molecule has 176 valence electrons.